The first kappa shape index (κ1) is 18.7. The fourth-order valence-electron chi connectivity index (χ4n) is 1.92. The molecule has 3 N–H and O–H groups in total. The lowest BCUT2D eigenvalue weighted by Gasteiger charge is -2.31. The van der Waals surface area contributed by atoms with Gasteiger partial charge in [0, 0.05) is 19.3 Å². The van der Waals surface area contributed by atoms with Gasteiger partial charge in [-0.15, -0.1) is 0 Å². The molecule has 0 amide bonds. The quantitative estimate of drug-likeness (QED) is 0.469. The maximum Gasteiger partial charge on any atom is 0.397 e. The van der Waals surface area contributed by atoms with Crippen LogP contribution in [0.15, 0.2) is 0 Å². The van der Waals surface area contributed by atoms with Gasteiger partial charge in [-0.05, 0) is 0 Å². The molecule has 0 radical (unpaired) electrons. The minimum Gasteiger partial charge on any atom is -0.264 e. The predicted molar refractivity (Wildman–Crippen MR) is 63.1 cm³/mol. The average molecular weight is 372 g/mol. The van der Waals surface area contributed by atoms with Gasteiger partial charge in [-0.3, -0.25) is 13.7 Å². The molecule has 126 valence electrons. The molecule has 1 aliphatic rings. The van der Waals surface area contributed by atoms with E-state index in [2.05, 4.69) is 12.5 Å². The zero-order chi connectivity index (χ0) is 16.5. The monoisotopic (exact) mass is 372 g/mol. The Labute approximate surface area is 120 Å². The van der Waals surface area contributed by atoms with Gasteiger partial charge in [0.25, 0.3) is 0 Å². The summed E-state index contributed by atoms with van der Waals surface area (Å²) in [6, 6.07) is 0. The largest absolute Gasteiger partial charge is 0.397 e. The second-order valence-corrected chi connectivity index (χ2v) is 7.29. The van der Waals surface area contributed by atoms with E-state index >= 15 is 0 Å². The molecule has 12 nitrogen and oxygen atoms in total. The van der Waals surface area contributed by atoms with E-state index in [1.807, 2.05) is 0 Å². The molecule has 0 aromatic heterocycles. The molecular formula is C6H12O12S3. The maximum atomic E-state index is 10.6. The van der Waals surface area contributed by atoms with Crippen molar-refractivity contribution < 1.29 is 51.5 Å². The van der Waals surface area contributed by atoms with Gasteiger partial charge in [0.05, 0.1) is 18.3 Å². The fourth-order valence-corrected chi connectivity index (χ4v) is 3.42. The summed E-state index contributed by atoms with van der Waals surface area (Å²) >= 11 is 0. The minimum absolute atomic E-state index is 0.398. The molecule has 1 fully saturated rings. The van der Waals surface area contributed by atoms with Crippen LogP contribution in [0.1, 0.15) is 19.3 Å². The summed E-state index contributed by atoms with van der Waals surface area (Å²) in [6.45, 7) is 0. The normalized spacial score (nSPS) is 28.4. The van der Waals surface area contributed by atoms with E-state index in [-0.39, 0.29) is 0 Å². The highest BCUT2D eigenvalue weighted by Crippen LogP contribution is 2.28. The molecule has 1 rings (SSSR count). The lowest BCUT2D eigenvalue weighted by atomic mass is 9.93. The lowest BCUT2D eigenvalue weighted by molar-refractivity contribution is 0.00155. The SMILES string of the molecule is O=S(=O)(O)OC1CC(OS(=O)(=O)O)CC(OS(=O)(=O)O)C1. The second kappa shape index (κ2) is 6.39. The van der Waals surface area contributed by atoms with Gasteiger partial charge in [-0.25, -0.2) is 12.5 Å². The Balaban J connectivity index is 2.87. The third-order valence-electron chi connectivity index (χ3n) is 2.35. The van der Waals surface area contributed by atoms with Gasteiger partial charge in [-0.1, -0.05) is 0 Å². The van der Waals surface area contributed by atoms with Crippen LogP contribution in [0.3, 0.4) is 0 Å². The highest BCUT2D eigenvalue weighted by Gasteiger charge is 2.37. The van der Waals surface area contributed by atoms with E-state index in [1.54, 1.807) is 0 Å². The van der Waals surface area contributed by atoms with Gasteiger partial charge in [0.15, 0.2) is 0 Å². The topological polar surface area (TPSA) is 191 Å². The van der Waals surface area contributed by atoms with E-state index in [0.717, 1.165) is 0 Å². The smallest absolute Gasteiger partial charge is 0.264 e. The van der Waals surface area contributed by atoms with Crippen LogP contribution >= 0.6 is 0 Å². The van der Waals surface area contributed by atoms with Crippen molar-refractivity contribution in [1.29, 1.82) is 0 Å². The second-order valence-electron chi connectivity index (χ2n) is 4.15. The first-order valence-corrected chi connectivity index (χ1v) is 9.30. The van der Waals surface area contributed by atoms with Crippen LogP contribution in [-0.2, 0) is 43.7 Å². The van der Waals surface area contributed by atoms with Crippen molar-refractivity contribution in [3.63, 3.8) is 0 Å². The Kier molecular flexibility index (Phi) is 5.67. The Morgan fingerprint density at radius 2 is 0.762 bits per heavy atom. The van der Waals surface area contributed by atoms with Gasteiger partial charge in [0.1, 0.15) is 0 Å². The number of rotatable bonds is 6. The third-order valence-corrected chi connectivity index (χ3v) is 3.90. The van der Waals surface area contributed by atoms with Crippen LogP contribution in [0, 0.1) is 0 Å². The maximum absolute atomic E-state index is 10.6. The summed E-state index contributed by atoms with van der Waals surface area (Å²) in [5.41, 5.74) is 0. The zero-order valence-electron chi connectivity index (χ0n) is 10.1. The lowest BCUT2D eigenvalue weighted by Crippen LogP contribution is -2.39. The van der Waals surface area contributed by atoms with Crippen molar-refractivity contribution in [2.75, 3.05) is 0 Å². The molecule has 0 unspecified atom stereocenters. The standard InChI is InChI=1S/C6H12O12S3/c7-19(8,9)16-4-1-5(17-20(10,11)12)3-6(2-4)18-21(13,14)15/h4-6H,1-3H2,(H,7,8,9)(H,10,11,12)(H,13,14,15). The van der Waals surface area contributed by atoms with E-state index < -0.39 is 68.8 Å². The minimum atomic E-state index is -4.89. The van der Waals surface area contributed by atoms with E-state index in [1.165, 1.54) is 0 Å². The Morgan fingerprint density at radius 1 is 0.571 bits per heavy atom. The van der Waals surface area contributed by atoms with Gasteiger partial charge in [0.2, 0.25) is 0 Å². The predicted octanol–water partition coefficient (Wildman–Crippen LogP) is -1.27. The highest BCUT2D eigenvalue weighted by atomic mass is 32.3. The molecule has 1 saturated carbocycles. The van der Waals surface area contributed by atoms with Crippen LogP contribution in [0.25, 0.3) is 0 Å². The summed E-state index contributed by atoms with van der Waals surface area (Å²) in [6.07, 6.45) is -5.34. The molecule has 21 heavy (non-hydrogen) atoms. The van der Waals surface area contributed by atoms with E-state index in [4.69, 9.17) is 13.7 Å². The molecule has 0 aliphatic heterocycles. The van der Waals surface area contributed by atoms with Crippen LogP contribution in [0.5, 0.6) is 0 Å². The Hall–Kier alpha value is -0.390. The van der Waals surface area contributed by atoms with Crippen molar-refractivity contribution in [3.8, 4) is 0 Å². The van der Waals surface area contributed by atoms with Crippen molar-refractivity contribution in [1.82, 2.24) is 0 Å². The first-order valence-electron chi connectivity index (χ1n) is 5.20. The summed E-state index contributed by atoms with van der Waals surface area (Å²) in [5, 5.41) is 0. The Bertz CT molecular complexity index is 559. The molecule has 0 bridgehead atoms. The average Bonchev–Trinajstić information content (AvgIpc) is 2.06. The molecule has 0 aromatic carbocycles. The van der Waals surface area contributed by atoms with Crippen molar-refractivity contribution in [3.05, 3.63) is 0 Å². The van der Waals surface area contributed by atoms with Crippen molar-refractivity contribution in [2.24, 2.45) is 0 Å². The molecule has 1 aliphatic carbocycles. The van der Waals surface area contributed by atoms with Gasteiger partial charge in [-0.2, -0.15) is 25.3 Å². The van der Waals surface area contributed by atoms with Crippen LogP contribution in [-0.4, -0.2) is 57.2 Å². The van der Waals surface area contributed by atoms with Crippen molar-refractivity contribution in [2.45, 2.75) is 37.6 Å². The zero-order valence-corrected chi connectivity index (χ0v) is 12.5. The third kappa shape index (κ3) is 8.59. The fraction of sp³-hybridized carbons (Fsp3) is 1.00. The summed E-state index contributed by atoms with van der Waals surface area (Å²) in [4.78, 5) is 0. The molecule has 0 spiro atoms. The summed E-state index contributed by atoms with van der Waals surface area (Å²) in [5.74, 6) is 0. The van der Waals surface area contributed by atoms with E-state index in [0.29, 0.717) is 0 Å². The van der Waals surface area contributed by atoms with Crippen LogP contribution < -0.4 is 0 Å². The number of hydrogen-bond donors (Lipinski definition) is 3. The molecule has 0 heterocycles. The molecule has 0 atom stereocenters. The molecule has 0 saturated heterocycles. The van der Waals surface area contributed by atoms with Crippen molar-refractivity contribution >= 4 is 31.2 Å². The van der Waals surface area contributed by atoms with Crippen LogP contribution in [0.2, 0.25) is 0 Å². The first-order chi connectivity index (χ1) is 9.23. The van der Waals surface area contributed by atoms with Gasteiger partial charge >= 0.3 is 31.2 Å². The van der Waals surface area contributed by atoms with E-state index in [9.17, 15) is 25.3 Å². The molecule has 0 aromatic rings. The molecular weight excluding hydrogens is 360 g/mol. The summed E-state index contributed by atoms with van der Waals surface area (Å²) in [7, 11) is -14.7. The van der Waals surface area contributed by atoms with Crippen LogP contribution in [0.4, 0.5) is 0 Å². The number of hydrogen-bond acceptors (Lipinski definition) is 9. The van der Waals surface area contributed by atoms with Gasteiger partial charge < -0.3 is 0 Å². The Morgan fingerprint density at radius 3 is 0.905 bits per heavy atom. The molecule has 15 heteroatoms. The summed E-state index contributed by atoms with van der Waals surface area (Å²) < 4.78 is 102. The highest BCUT2D eigenvalue weighted by molar-refractivity contribution is 7.81.